The van der Waals surface area contributed by atoms with Gasteiger partial charge in [-0.05, 0) is 55.3 Å². The van der Waals surface area contributed by atoms with Crippen LogP contribution >= 0.6 is 11.3 Å². The molecular weight excluding hydrogens is 353 g/mol. The van der Waals surface area contributed by atoms with E-state index in [0.717, 1.165) is 5.56 Å². The van der Waals surface area contributed by atoms with E-state index in [-0.39, 0.29) is 24.2 Å². The van der Waals surface area contributed by atoms with Gasteiger partial charge in [0.1, 0.15) is 11.7 Å². The predicted molar refractivity (Wildman–Crippen MR) is 104 cm³/mol. The summed E-state index contributed by atoms with van der Waals surface area (Å²) in [5.74, 6) is 0.419. The number of aliphatic imine (C=N–C) groups is 1. The van der Waals surface area contributed by atoms with Gasteiger partial charge in [0.15, 0.2) is 17.5 Å². The van der Waals surface area contributed by atoms with E-state index in [1.165, 1.54) is 6.07 Å². The van der Waals surface area contributed by atoms with Gasteiger partial charge in [0.2, 0.25) is 0 Å². The highest BCUT2D eigenvalue weighted by molar-refractivity contribution is 7.08. The molecule has 3 N–H and O–H groups in total. The molecular formula is C19H26FN3O2S. The van der Waals surface area contributed by atoms with Crippen LogP contribution in [0.5, 0.6) is 5.75 Å². The molecule has 0 bridgehead atoms. The quantitative estimate of drug-likeness (QED) is 0.487. The summed E-state index contributed by atoms with van der Waals surface area (Å²) in [6.45, 7) is 6.92. The van der Waals surface area contributed by atoms with Crippen LogP contribution in [-0.2, 0) is 5.60 Å². The lowest BCUT2D eigenvalue weighted by atomic mass is 10.00. The van der Waals surface area contributed by atoms with Crippen LogP contribution < -0.4 is 15.4 Å². The highest BCUT2D eigenvalue weighted by atomic mass is 32.1. The van der Waals surface area contributed by atoms with Gasteiger partial charge in [-0.15, -0.1) is 0 Å². The van der Waals surface area contributed by atoms with Gasteiger partial charge in [-0.1, -0.05) is 12.1 Å². The molecule has 2 aromatic rings. The van der Waals surface area contributed by atoms with Gasteiger partial charge in [0, 0.05) is 6.54 Å². The van der Waals surface area contributed by atoms with E-state index in [0.29, 0.717) is 19.0 Å². The van der Waals surface area contributed by atoms with Crippen molar-refractivity contribution in [1.82, 2.24) is 10.6 Å². The Morgan fingerprint density at radius 2 is 2.12 bits per heavy atom. The molecule has 0 aliphatic rings. The number of hydrogen-bond acceptors (Lipinski definition) is 4. The minimum Gasteiger partial charge on any atom is -0.486 e. The maximum atomic E-state index is 13.6. The zero-order chi connectivity index (χ0) is 19.0. The van der Waals surface area contributed by atoms with E-state index >= 15 is 0 Å². The molecule has 0 amide bonds. The molecule has 0 fully saturated rings. The topological polar surface area (TPSA) is 65.9 Å². The molecule has 1 heterocycles. The van der Waals surface area contributed by atoms with Crippen LogP contribution in [0.15, 0.2) is 46.1 Å². The summed E-state index contributed by atoms with van der Waals surface area (Å²) >= 11 is 1.54. The van der Waals surface area contributed by atoms with E-state index in [1.807, 2.05) is 30.7 Å². The number of ether oxygens (including phenoxy) is 1. The minimum atomic E-state index is -1.03. The zero-order valence-corrected chi connectivity index (χ0v) is 16.1. The number of thiophene rings is 1. The van der Waals surface area contributed by atoms with E-state index in [2.05, 4.69) is 15.6 Å². The van der Waals surface area contributed by atoms with Gasteiger partial charge in [0.05, 0.1) is 13.1 Å². The number of halogens is 1. The average molecular weight is 380 g/mol. The largest absolute Gasteiger partial charge is 0.486 e. The van der Waals surface area contributed by atoms with Gasteiger partial charge in [-0.25, -0.2) is 9.38 Å². The molecule has 26 heavy (non-hydrogen) atoms. The standard InChI is InChI=1S/C19H26FN3O2S/c1-4-21-18(23-13-19(3,24)15-9-10-26-12-15)22-11-14(2)25-17-8-6-5-7-16(17)20/h5-10,12,14,24H,4,11,13H2,1-3H3,(H2,21,22,23). The second-order valence-electron chi connectivity index (χ2n) is 6.22. The third kappa shape index (κ3) is 6.00. The van der Waals surface area contributed by atoms with Crippen molar-refractivity contribution in [1.29, 1.82) is 0 Å². The minimum absolute atomic E-state index is 0.224. The Morgan fingerprint density at radius 3 is 2.77 bits per heavy atom. The molecule has 0 saturated carbocycles. The highest BCUT2D eigenvalue weighted by Gasteiger charge is 2.23. The second kappa shape index (κ2) is 9.54. The first-order valence-electron chi connectivity index (χ1n) is 8.61. The second-order valence-corrected chi connectivity index (χ2v) is 7.00. The number of nitrogens with one attached hydrogen (secondary N) is 2. The van der Waals surface area contributed by atoms with Crippen molar-refractivity contribution in [2.75, 3.05) is 19.6 Å². The van der Waals surface area contributed by atoms with Gasteiger partial charge in [0.25, 0.3) is 0 Å². The van der Waals surface area contributed by atoms with Gasteiger partial charge >= 0.3 is 0 Å². The van der Waals surface area contributed by atoms with Crippen LogP contribution in [-0.4, -0.2) is 36.8 Å². The van der Waals surface area contributed by atoms with Crippen molar-refractivity contribution in [2.45, 2.75) is 32.5 Å². The van der Waals surface area contributed by atoms with Gasteiger partial charge in [-0.3, -0.25) is 0 Å². The van der Waals surface area contributed by atoms with Gasteiger partial charge < -0.3 is 20.5 Å². The van der Waals surface area contributed by atoms with E-state index < -0.39 is 5.60 Å². The number of benzene rings is 1. The summed E-state index contributed by atoms with van der Waals surface area (Å²) in [5.41, 5.74) is -0.184. The molecule has 2 atom stereocenters. The Kier molecular flexibility index (Phi) is 7.41. The van der Waals surface area contributed by atoms with E-state index in [4.69, 9.17) is 4.74 Å². The molecule has 142 valence electrons. The first-order chi connectivity index (χ1) is 12.4. The summed E-state index contributed by atoms with van der Waals surface area (Å²) in [4.78, 5) is 4.46. The van der Waals surface area contributed by atoms with Crippen LogP contribution in [0.4, 0.5) is 4.39 Å². The van der Waals surface area contributed by atoms with Crippen LogP contribution in [0.3, 0.4) is 0 Å². The maximum absolute atomic E-state index is 13.6. The number of para-hydroxylation sites is 1. The summed E-state index contributed by atoms with van der Waals surface area (Å²) in [5, 5.41) is 20.7. The van der Waals surface area contributed by atoms with Gasteiger partial charge in [-0.2, -0.15) is 11.3 Å². The number of aliphatic hydroxyl groups is 1. The molecule has 1 aromatic heterocycles. The Morgan fingerprint density at radius 1 is 1.35 bits per heavy atom. The molecule has 0 radical (unpaired) electrons. The lowest BCUT2D eigenvalue weighted by Gasteiger charge is -2.22. The molecule has 0 saturated heterocycles. The Bertz CT molecular complexity index is 705. The SMILES string of the molecule is CCNC(=NCC(C)(O)c1ccsc1)NCC(C)Oc1ccccc1F. The third-order valence-corrected chi connectivity index (χ3v) is 4.44. The summed E-state index contributed by atoms with van der Waals surface area (Å²) < 4.78 is 19.3. The smallest absolute Gasteiger partial charge is 0.191 e. The van der Waals surface area contributed by atoms with Crippen molar-refractivity contribution in [3.05, 3.63) is 52.5 Å². The summed E-state index contributed by atoms with van der Waals surface area (Å²) in [6.07, 6.45) is -0.256. The first kappa shape index (κ1) is 20.2. The number of guanidine groups is 1. The first-order valence-corrected chi connectivity index (χ1v) is 9.55. The van der Waals surface area contributed by atoms with E-state index in [1.54, 1.807) is 36.5 Å². The van der Waals surface area contributed by atoms with Crippen molar-refractivity contribution < 1.29 is 14.2 Å². The van der Waals surface area contributed by atoms with Crippen LogP contribution in [0, 0.1) is 5.82 Å². The Labute approximate surface area is 157 Å². The normalized spacial score (nSPS) is 15.2. The fraction of sp³-hybridized carbons (Fsp3) is 0.421. The fourth-order valence-corrected chi connectivity index (χ4v) is 3.06. The summed E-state index contributed by atoms with van der Waals surface area (Å²) in [7, 11) is 0. The van der Waals surface area contributed by atoms with Crippen molar-refractivity contribution in [3.8, 4) is 5.75 Å². The van der Waals surface area contributed by atoms with Crippen molar-refractivity contribution in [2.24, 2.45) is 4.99 Å². The molecule has 0 spiro atoms. The predicted octanol–water partition coefficient (Wildman–Crippen LogP) is 3.12. The molecule has 2 rings (SSSR count). The lowest BCUT2D eigenvalue weighted by Crippen LogP contribution is -2.42. The Hall–Kier alpha value is -2.12. The molecule has 0 aliphatic carbocycles. The van der Waals surface area contributed by atoms with Crippen molar-refractivity contribution in [3.63, 3.8) is 0 Å². The van der Waals surface area contributed by atoms with Crippen LogP contribution in [0.1, 0.15) is 26.3 Å². The Balaban J connectivity index is 1.91. The zero-order valence-electron chi connectivity index (χ0n) is 15.3. The molecule has 5 nitrogen and oxygen atoms in total. The third-order valence-electron chi connectivity index (χ3n) is 3.75. The molecule has 2 unspecified atom stereocenters. The highest BCUT2D eigenvalue weighted by Crippen LogP contribution is 2.23. The molecule has 0 aliphatic heterocycles. The maximum Gasteiger partial charge on any atom is 0.191 e. The monoisotopic (exact) mass is 379 g/mol. The summed E-state index contributed by atoms with van der Waals surface area (Å²) in [6, 6.07) is 8.22. The molecule has 7 heteroatoms. The lowest BCUT2D eigenvalue weighted by molar-refractivity contribution is 0.0677. The number of rotatable bonds is 8. The van der Waals surface area contributed by atoms with Crippen molar-refractivity contribution >= 4 is 17.3 Å². The number of nitrogens with zero attached hydrogens (tertiary/aromatic N) is 1. The van der Waals surface area contributed by atoms with E-state index in [9.17, 15) is 9.50 Å². The molecule has 1 aromatic carbocycles. The van der Waals surface area contributed by atoms with Crippen LogP contribution in [0.2, 0.25) is 0 Å². The fourth-order valence-electron chi connectivity index (χ4n) is 2.28. The average Bonchev–Trinajstić information content (AvgIpc) is 3.15. The number of hydrogen-bond donors (Lipinski definition) is 3. The van der Waals surface area contributed by atoms with Crippen LogP contribution in [0.25, 0.3) is 0 Å².